The summed E-state index contributed by atoms with van der Waals surface area (Å²) in [7, 11) is 4.54. The van der Waals surface area contributed by atoms with Gasteiger partial charge in [-0.25, -0.2) is 0 Å². The Morgan fingerprint density at radius 1 is 0.526 bits per heavy atom. The fraction of sp³-hybridized carbons (Fsp3) is 0.412. The second-order valence-electron chi connectivity index (χ2n) is 10.6. The summed E-state index contributed by atoms with van der Waals surface area (Å²) in [6.45, 7) is 6.69. The smallest absolute Gasteiger partial charge is 0.0450 e. The standard InChI is InChI=1S/C34H42Br2N2/c1-5-7-9-11-21-37(3)31-19-13-25-23-27(35)15-17-29(25)33(31)34-30-18-16-28(36)24-26(30)14-20-32(34)38(4)22-12-10-8-6-2/h13-20,23-24H,5-12,21-22H2,1-4H3. The highest BCUT2D eigenvalue weighted by Gasteiger charge is 2.21. The quantitative estimate of drug-likeness (QED) is 0.135. The Bertz CT molecular complexity index is 1260. The molecule has 0 N–H and O–H groups in total. The molecule has 0 aliphatic carbocycles. The SMILES string of the molecule is CCCCCCN(C)c1ccc2cc(Br)ccc2c1-c1c(N(C)CCCCCC)ccc2cc(Br)ccc12. The maximum Gasteiger partial charge on any atom is 0.0450 e. The maximum atomic E-state index is 3.71. The van der Waals surface area contributed by atoms with Crippen LogP contribution in [0.4, 0.5) is 11.4 Å². The normalized spacial score (nSPS) is 11.4. The number of hydrogen-bond donors (Lipinski definition) is 0. The van der Waals surface area contributed by atoms with E-state index in [4.69, 9.17) is 0 Å². The van der Waals surface area contributed by atoms with E-state index in [-0.39, 0.29) is 0 Å². The van der Waals surface area contributed by atoms with E-state index < -0.39 is 0 Å². The van der Waals surface area contributed by atoms with Crippen molar-refractivity contribution in [2.24, 2.45) is 0 Å². The number of hydrogen-bond acceptors (Lipinski definition) is 2. The second-order valence-corrected chi connectivity index (χ2v) is 12.4. The lowest BCUT2D eigenvalue weighted by Crippen LogP contribution is -2.21. The summed E-state index contributed by atoms with van der Waals surface area (Å²) in [6, 6.07) is 22.7. The average molecular weight is 639 g/mol. The molecule has 0 fully saturated rings. The zero-order valence-electron chi connectivity index (χ0n) is 23.5. The van der Waals surface area contributed by atoms with Crippen molar-refractivity contribution in [1.29, 1.82) is 0 Å². The Hall–Kier alpha value is -2.04. The van der Waals surface area contributed by atoms with E-state index in [0.717, 1.165) is 22.0 Å². The molecule has 4 aromatic rings. The van der Waals surface area contributed by atoms with Gasteiger partial charge < -0.3 is 9.80 Å². The third-order valence-electron chi connectivity index (χ3n) is 7.69. The van der Waals surface area contributed by atoms with Crippen LogP contribution in [0.5, 0.6) is 0 Å². The lowest BCUT2D eigenvalue weighted by Gasteiger charge is -2.29. The molecule has 0 aromatic heterocycles. The van der Waals surface area contributed by atoms with Gasteiger partial charge in [0.2, 0.25) is 0 Å². The van der Waals surface area contributed by atoms with Gasteiger partial charge in [-0.15, -0.1) is 0 Å². The van der Waals surface area contributed by atoms with Crippen LogP contribution in [0.15, 0.2) is 69.6 Å². The number of unbranched alkanes of at least 4 members (excludes halogenated alkanes) is 6. The molecule has 0 radical (unpaired) electrons. The molecule has 4 rings (SSSR count). The van der Waals surface area contributed by atoms with Crippen LogP contribution in [0.1, 0.15) is 65.2 Å². The fourth-order valence-electron chi connectivity index (χ4n) is 5.53. The monoisotopic (exact) mass is 636 g/mol. The molecule has 2 nitrogen and oxygen atoms in total. The molecule has 0 aliphatic rings. The number of nitrogens with zero attached hydrogens (tertiary/aromatic N) is 2. The summed E-state index contributed by atoms with van der Waals surface area (Å²) in [5, 5.41) is 5.15. The molecule has 0 unspecified atom stereocenters. The van der Waals surface area contributed by atoms with Crippen LogP contribution in [-0.4, -0.2) is 27.2 Å². The van der Waals surface area contributed by atoms with Crippen LogP contribution in [0.3, 0.4) is 0 Å². The summed E-state index contributed by atoms with van der Waals surface area (Å²) in [4.78, 5) is 4.96. The van der Waals surface area contributed by atoms with Crippen molar-refractivity contribution < 1.29 is 0 Å². The fourth-order valence-corrected chi connectivity index (χ4v) is 6.29. The molecule has 0 aliphatic heterocycles. The number of halogens is 2. The van der Waals surface area contributed by atoms with Crippen LogP contribution in [0.2, 0.25) is 0 Å². The summed E-state index contributed by atoms with van der Waals surface area (Å²) >= 11 is 7.42. The molecule has 0 bridgehead atoms. The lowest BCUT2D eigenvalue weighted by molar-refractivity contribution is 0.661. The molecule has 4 heteroatoms. The topological polar surface area (TPSA) is 6.48 Å². The molecular formula is C34H42Br2N2. The highest BCUT2D eigenvalue weighted by Crippen LogP contribution is 2.46. The Labute approximate surface area is 246 Å². The number of fused-ring (bicyclic) bond motifs is 2. The van der Waals surface area contributed by atoms with E-state index in [1.165, 1.54) is 95.4 Å². The van der Waals surface area contributed by atoms with E-state index in [1.54, 1.807) is 0 Å². The third kappa shape index (κ3) is 6.74. The van der Waals surface area contributed by atoms with E-state index in [2.05, 4.69) is 130 Å². The molecule has 0 heterocycles. The molecule has 0 amide bonds. The van der Waals surface area contributed by atoms with Gasteiger partial charge in [0.15, 0.2) is 0 Å². The van der Waals surface area contributed by atoms with Crippen LogP contribution in [-0.2, 0) is 0 Å². The molecule has 4 aromatic carbocycles. The van der Waals surface area contributed by atoms with Gasteiger partial charge >= 0.3 is 0 Å². The van der Waals surface area contributed by atoms with E-state index >= 15 is 0 Å². The van der Waals surface area contributed by atoms with Gasteiger partial charge in [0.1, 0.15) is 0 Å². The minimum Gasteiger partial charge on any atom is -0.374 e. The predicted molar refractivity (Wildman–Crippen MR) is 177 cm³/mol. The van der Waals surface area contributed by atoms with Gasteiger partial charge in [0, 0.05) is 58.6 Å². The van der Waals surface area contributed by atoms with Gasteiger partial charge in [-0.1, -0.05) is 108 Å². The summed E-state index contributed by atoms with van der Waals surface area (Å²) < 4.78 is 2.23. The zero-order valence-corrected chi connectivity index (χ0v) is 26.7. The van der Waals surface area contributed by atoms with Crippen molar-refractivity contribution in [3.63, 3.8) is 0 Å². The molecule has 0 spiro atoms. The molecule has 0 saturated carbocycles. The number of benzene rings is 4. The van der Waals surface area contributed by atoms with Gasteiger partial charge in [0.05, 0.1) is 0 Å². The first-order chi connectivity index (χ1) is 18.4. The van der Waals surface area contributed by atoms with Gasteiger partial charge in [-0.2, -0.15) is 0 Å². The first kappa shape index (κ1) is 29.0. The Kier molecular flexibility index (Phi) is 10.6. The van der Waals surface area contributed by atoms with Crippen molar-refractivity contribution in [1.82, 2.24) is 0 Å². The Morgan fingerprint density at radius 2 is 0.947 bits per heavy atom. The van der Waals surface area contributed by atoms with Crippen molar-refractivity contribution in [3.8, 4) is 11.1 Å². The second kappa shape index (κ2) is 13.8. The minimum atomic E-state index is 1.06. The van der Waals surface area contributed by atoms with Crippen LogP contribution < -0.4 is 9.80 Å². The molecule has 0 saturated heterocycles. The largest absolute Gasteiger partial charge is 0.374 e. The highest BCUT2D eigenvalue weighted by molar-refractivity contribution is 9.10. The minimum absolute atomic E-state index is 1.06. The predicted octanol–water partition coefficient (Wildman–Crippen LogP) is 11.2. The van der Waals surface area contributed by atoms with Gasteiger partial charge in [-0.05, 0) is 70.8 Å². The molecular weight excluding hydrogens is 596 g/mol. The average Bonchev–Trinajstić information content (AvgIpc) is 2.91. The van der Waals surface area contributed by atoms with Crippen LogP contribution in [0.25, 0.3) is 32.7 Å². The van der Waals surface area contributed by atoms with Crippen molar-refractivity contribution >= 4 is 64.8 Å². The number of rotatable bonds is 13. The van der Waals surface area contributed by atoms with E-state index in [1.807, 2.05) is 0 Å². The number of anilines is 2. The van der Waals surface area contributed by atoms with Crippen molar-refractivity contribution in [2.45, 2.75) is 65.2 Å². The third-order valence-corrected chi connectivity index (χ3v) is 8.67. The molecule has 38 heavy (non-hydrogen) atoms. The Morgan fingerprint density at radius 3 is 1.34 bits per heavy atom. The van der Waals surface area contributed by atoms with Crippen molar-refractivity contribution in [2.75, 3.05) is 37.0 Å². The first-order valence-electron chi connectivity index (χ1n) is 14.3. The van der Waals surface area contributed by atoms with Crippen LogP contribution >= 0.6 is 31.9 Å². The lowest BCUT2D eigenvalue weighted by atomic mass is 9.90. The molecule has 0 atom stereocenters. The van der Waals surface area contributed by atoms with E-state index in [0.29, 0.717) is 0 Å². The Balaban J connectivity index is 1.93. The molecule has 202 valence electrons. The van der Waals surface area contributed by atoms with E-state index in [9.17, 15) is 0 Å². The highest BCUT2D eigenvalue weighted by atomic mass is 79.9. The maximum absolute atomic E-state index is 3.71. The first-order valence-corrected chi connectivity index (χ1v) is 15.9. The van der Waals surface area contributed by atoms with Gasteiger partial charge in [0.25, 0.3) is 0 Å². The zero-order chi connectivity index (χ0) is 27.1. The van der Waals surface area contributed by atoms with Gasteiger partial charge in [-0.3, -0.25) is 0 Å². The summed E-state index contributed by atoms with van der Waals surface area (Å²) in [5.74, 6) is 0. The summed E-state index contributed by atoms with van der Waals surface area (Å²) in [5.41, 5.74) is 5.31. The van der Waals surface area contributed by atoms with Crippen molar-refractivity contribution in [3.05, 3.63) is 69.6 Å². The summed E-state index contributed by atoms with van der Waals surface area (Å²) in [6.07, 6.45) is 10.1. The van der Waals surface area contributed by atoms with Crippen LogP contribution in [0, 0.1) is 0 Å².